The van der Waals surface area contributed by atoms with Crippen LogP contribution in [-0.2, 0) is 11.2 Å². The lowest BCUT2D eigenvalue weighted by molar-refractivity contribution is -0.122. The van der Waals surface area contributed by atoms with E-state index in [9.17, 15) is 5.11 Å². The van der Waals surface area contributed by atoms with Gasteiger partial charge in [-0.25, -0.2) is 0 Å². The predicted octanol–water partition coefficient (Wildman–Crippen LogP) is 1.70. The van der Waals surface area contributed by atoms with E-state index >= 15 is 0 Å². The van der Waals surface area contributed by atoms with Crippen LogP contribution in [0.15, 0.2) is 30.3 Å². The number of aliphatic hydroxyl groups is 1. The van der Waals surface area contributed by atoms with Gasteiger partial charge in [-0.05, 0) is 19.4 Å². The summed E-state index contributed by atoms with van der Waals surface area (Å²) in [7, 11) is 0. The molecule has 0 aliphatic heterocycles. The van der Waals surface area contributed by atoms with Crippen LogP contribution >= 0.6 is 0 Å². The van der Waals surface area contributed by atoms with Gasteiger partial charge in [0, 0.05) is 6.42 Å². The van der Waals surface area contributed by atoms with Gasteiger partial charge >= 0.3 is 0 Å². The largest absolute Gasteiger partial charge is 0.483 e. The average molecular weight is 196 g/mol. The summed E-state index contributed by atoms with van der Waals surface area (Å²) in [4.78, 5) is 8.36. The van der Waals surface area contributed by atoms with Crippen LogP contribution in [0.5, 0.6) is 0 Å². The van der Waals surface area contributed by atoms with E-state index in [4.69, 9.17) is 9.90 Å². The molecule has 0 fully saturated rings. The van der Waals surface area contributed by atoms with Gasteiger partial charge in [-0.2, -0.15) is 0 Å². The molecule has 0 unspecified atom stereocenters. The molecular weight excluding hydrogens is 180 g/mol. The van der Waals surface area contributed by atoms with Gasteiger partial charge in [0.2, 0.25) is 0 Å². The maximum atomic E-state index is 9.47. The van der Waals surface area contributed by atoms with Gasteiger partial charge in [0.15, 0.2) is 0 Å². The highest BCUT2D eigenvalue weighted by molar-refractivity contribution is 5.32. The Labute approximate surface area is 84.0 Å². The highest BCUT2D eigenvalue weighted by Gasteiger charge is 2.12. The van der Waals surface area contributed by atoms with Gasteiger partial charge in [0.05, 0.1) is 5.60 Å². The van der Waals surface area contributed by atoms with Crippen molar-refractivity contribution in [3.63, 3.8) is 0 Å². The van der Waals surface area contributed by atoms with Crippen molar-refractivity contribution in [2.24, 2.45) is 0 Å². The number of carbonyl (C=O) groups is 1. The molecule has 1 aromatic rings. The third-order valence-electron chi connectivity index (χ3n) is 1.48. The lowest BCUT2D eigenvalue weighted by Gasteiger charge is -2.16. The predicted molar refractivity (Wildman–Crippen MR) is 55.1 cm³/mol. The van der Waals surface area contributed by atoms with Crippen molar-refractivity contribution in [1.82, 2.24) is 0 Å². The van der Waals surface area contributed by atoms with Crippen LogP contribution in [0, 0.1) is 0 Å². The van der Waals surface area contributed by atoms with E-state index in [1.807, 2.05) is 44.2 Å². The first-order valence-electron chi connectivity index (χ1n) is 4.34. The zero-order chi connectivity index (χ0) is 11.0. The highest BCUT2D eigenvalue weighted by atomic mass is 16.3. The smallest absolute Gasteiger partial charge is 0.290 e. The normalized spacial score (nSPS) is 9.93. The first kappa shape index (κ1) is 12.7. The van der Waals surface area contributed by atoms with Crippen molar-refractivity contribution in [2.45, 2.75) is 25.9 Å². The van der Waals surface area contributed by atoms with Crippen molar-refractivity contribution in [3.8, 4) is 0 Å². The molecular formula is C11H16O3. The molecule has 14 heavy (non-hydrogen) atoms. The first-order valence-corrected chi connectivity index (χ1v) is 4.34. The van der Waals surface area contributed by atoms with Gasteiger partial charge in [0.1, 0.15) is 0 Å². The fourth-order valence-electron chi connectivity index (χ4n) is 1.10. The Morgan fingerprint density at radius 1 is 1.29 bits per heavy atom. The van der Waals surface area contributed by atoms with Crippen molar-refractivity contribution in [1.29, 1.82) is 0 Å². The van der Waals surface area contributed by atoms with E-state index in [2.05, 4.69) is 0 Å². The Balaban J connectivity index is 0.000000500. The van der Waals surface area contributed by atoms with Crippen molar-refractivity contribution >= 4 is 6.47 Å². The summed E-state index contributed by atoms with van der Waals surface area (Å²) in [6, 6.07) is 10.0. The molecule has 3 nitrogen and oxygen atoms in total. The molecule has 0 aliphatic rings. The minimum absolute atomic E-state index is 0.250. The average Bonchev–Trinajstić information content (AvgIpc) is 2.04. The van der Waals surface area contributed by atoms with Crippen LogP contribution < -0.4 is 0 Å². The fraction of sp³-hybridized carbons (Fsp3) is 0.364. The zero-order valence-corrected chi connectivity index (χ0v) is 8.47. The minimum atomic E-state index is -0.596. The number of benzene rings is 1. The summed E-state index contributed by atoms with van der Waals surface area (Å²) in [6.45, 7) is 3.39. The molecule has 0 spiro atoms. The van der Waals surface area contributed by atoms with Crippen LogP contribution in [0.2, 0.25) is 0 Å². The molecule has 2 N–H and O–H groups in total. The quantitative estimate of drug-likeness (QED) is 0.708. The number of hydrogen-bond acceptors (Lipinski definition) is 2. The van der Waals surface area contributed by atoms with Crippen LogP contribution in [0.3, 0.4) is 0 Å². The molecule has 78 valence electrons. The Kier molecular flexibility index (Phi) is 5.56. The number of rotatable bonds is 2. The molecule has 1 aromatic carbocycles. The summed E-state index contributed by atoms with van der Waals surface area (Å²) in [5.41, 5.74) is 0.585. The molecule has 0 saturated heterocycles. The van der Waals surface area contributed by atoms with Crippen LogP contribution in [-0.4, -0.2) is 22.3 Å². The zero-order valence-electron chi connectivity index (χ0n) is 8.47. The second kappa shape index (κ2) is 6.16. The Morgan fingerprint density at radius 3 is 2.07 bits per heavy atom. The first-order chi connectivity index (χ1) is 6.49. The van der Waals surface area contributed by atoms with Gasteiger partial charge in [-0.15, -0.1) is 0 Å². The second-order valence-corrected chi connectivity index (χ2v) is 3.58. The molecule has 0 bridgehead atoms. The Bertz CT molecular complexity index is 249. The number of carboxylic acid groups (broad SMARTS) is 1. The standard InChI is InChI=1S/C10H14O.CH2O2/c1-10(2,11)8-9-6-4-3-5-7-9;2-1-3/h3-7,11H,8H2,1-2H3;1H,(H,2,3). The molecule has 0 radical (unpaired) electrons. The summed E-state index contributed by atoms with van der Waals surface area (Å²) >= 11 is 0. The van der Waals surface area contributed by atoms with E-state index in [-0.39, 0.29) is 6.47 Å². The Hall–Kier alpha value is -1.35. The van der Waals surface area contributed by atoms with Gasteiger partial charge < -0.3 is 10.2 Å². The van der Waals surface area contributed by atoms with E-state index in [0.717, 1.165) is 0 Å². The lowest BCUT2D eigenvalue weighted by atomic mass is 9.99. The summed E-state index contributed by atoms with van der Waals surface area (Å²) < 4.78 is 0. The molecule has 0 heterocycles. The minimum Gasteiger partial charge on any atom is -0.483 e. The van der Waals surface area contributed by atoms with E-state index in [0.29, 0.717) is 6.42 Å². The molecule has 1 rings (SSSR count). The van der Waals surface area contributed by atoms with Gasteiger partial charge in [-0.1, -0.05) is 30.3 Å². The molecule has 3 heteroatoms. The summed E-state index contributed by atoms with van der Waals surface area (Å²) in [5, 5.41) is 16.4. The topological polar surface area (TPSA) is 57.5 Å². The van der Waals surface area contributed by atoms with Crippen LogP contribution in [0.1, 0.15) is 19.4 Å². The van der Waals surface area contributed by atoms with Crippen molar-refractivity contribution < 1.29 is 15.0 Å². The maximum absolute atomic E-state index is 9.47. The fourth-order valence-corrected chi connectivity index (χ4v) is 1.10. The van der Waals surface area contributed by atoms with Crippen molar-refractivity contribution in [3.05, 3.63) is 35.9 Å². The Morgan fingerprint density at radius 2 is 1.71 bits per heavy atom. The second-order valence-electron chi connectivity index (χ2n) is 3.58. The van der Waals surface area contributed by atoms with Crippen molar-refractivity contribution in [2.75, 3.05) is 0 Å². The molecule has 0 amide bonds. The van der Waals surface area contributed by atoms with Crippen LogP contribution in [0.25, 0.3) is 0 Å². The maximum Gasteiger partial charge on any atom is 0.290 e. The summed E-state index contributed by atoms with van der Waals surface area (Å²) in [5.74, 6) is 0. The molecule has 0 aromatic heterocycles. The number of hydrogen-bond donors (Lipinski definition) is 2. The van der Waals surface area contributed by atoms with Crippen LogP contribution in [0.4, 0.5) is 0 Å². The van der Waals surface area contributed by atoms with Gasteiger partial charge in [-0.3, -0.25) is 4.79 Å². The van der Waals surface area contributed by atoms with E-state index in [1.165, 1.54) is 5.56 Å². The molecule has 0 atom stereocenters. The van der Waals surface area contributed by atoms with E-state index < -0.39 is 5.60 Å². The molecule has 0 aliphatic carbocycles. The third kappa shape index (κ3) is 7.31. The SMILES string of the molecule is CC(C)(O)Cc1ccccc1.O=CO. The lowest BCUT2D eigenvalue weighted by Crippen LogP contribution is -2.21. The summed E-state index contributed by atoms with van der Waals surface area (Å²) in [6.07, 6.45) is 0.716. The molecule has 0 saturated carbocycles. The monoisotopic (exact) mass is 196 g/mol. The highest BCUT2D eigenvalue weighted by Crippen LogP contribution is 2.10. The third-order valence-corrected chi connectivity index (χ3v) is 1.48. The van der Waals surface area contributed by atoms with Gasteiger partial charge in [0.25, 0.3) is 6.47 Å². The van der Waals surface area contributed by atoms with E-state index in [1.54, 1.807) is 0 Å².